The molecule has 106 valence electrons. The zero-order valence-corrected chi connectivity index (χ0v) is 11.7. The lowest BCUT2D eigenvalue weighted by atomic mass is 10.1. The summed E-state index contributed by atoms with van der Waals surface area (Å²) in [4.78, 5) is 19.1. The zero-order valence-electron chi connectivity index (χ0n) is 11.7. The molecule has 0 fully saturated rings. The fourth-order valence-corrected chi connectivity index (χ4v) is 2.14. The highest BCUT2D eigenvalue weighted by molar-refractivity contribution is 5.93. The SMILES string of the molecule is CNC(=O)c1ccc(CNc2nc3ccccc3[nH]2)cc1. The molecule has 0 bridgehead atoms. The van der Waals surface area contributed by atoms with Gasteiger partial charge in [0, 0.05) is 19.2 Å². The summed E-state index contributed by atoms with van der Waals surface area (Å²) >= 11 is 0. The molecule has 1 aromatic heterocycles. The molecule has 0 saturated heterocycles. The van der Waals surface area contributed by atoms with Crippen LogP contribution in [0.1, 0.15) is 15.9 Å². The second kappa shape index (κ2) is 5.66. The molecule has 21 heavy (non-hydrogen) atoms. The fraction of sp³-hybridized carbons (Fsp3) is 0.125. The van der Waals surface area contributed by atoms with Crippen LogP contribution in [0.5, 0.6) is 0 Å². The molecule has 5 heteroatoms. The maximum Gasteiger partial charge on any atom is 0.251 e. The minimum absolute atomic E-state index is 0.0770. The average molecular weight is 280 g/mol. The van der Waals surface area contributed by atoms with E-state index < -0.39 is 0 Å². The lowest BCUT2D eigenvalue weighted by Gasteiger charge is -2.04. The fourth-order valence-electron chi connectivity index (χ4n) is 2.14. The summed E-state index contributed by atoms with van der Waals surface area (Å²) in [5.74, 6) is 0.665. The van der Waals surface area contributed by atoms with Gasteiger partial charge in [0.1, 0.15) is 0 Å². The number of nitrogens with one attached hydrogen (secondary N) is 3. The van der Waals surface area contributed by atoms with Crippen LogP contribution >= 0.6 is 0 Å². The quantitative estimate of drug-likeness (QED) is 0.688. The van der Waals surface area contributed by atoms with Crippen LogP contribution in [0, 0.1) is 0 Å². The summed E-state index contributed by atoms with van der Waals surface area (Å²) in [5, 5.41) is 5.85. The normalized spacial score (nSPS) is 10.5. The first kappa shape index (κ1) is 13.2. The van der Waals surface area contributed by atoms with Crippen LogP contribution in [0.4, 0.5) is 5.95 Å². The summed E-state index contributed by atoms with van der Waals surface area (Å²) in [5.41, 5.74) is 3.69. The number of aromatic nitrogens is 2. The molecule has 3 aromatic rings. The molecular weight excluding hydrogens is 264 g/mol. The van der Waals surface area contributed by atoms with Gasteiger partial charge in [-0.15, -0.1) is 0 Å². The number of fused-ring (bicyclic) bond motifs is 1. The van der Waals surface area contributed by atoms with Gasteiger partial charge in [-0.1, -0.05) is 24.3 Å². The van der Waals surface area contributed by atoms with Crippen molar-refractivity contribution in [3.63, 3.8) is 0 Å². The predicted molar refractivity (Wildman–Crippen MR) is 83.3 cm³/mol. The van der Waals surface area contributed by atoms with Crippen molar-refractivity contribution in [2.75, 3.05) is 12.4 Å². The van der Waals surface area contributed by atoms with Crippen LogP contribution in [0.2, 0.25) is 0 Å². The molecule has 0 spiro atoms. The molecule has 0 atom stereocenters. The van der Waals surface area contributed by atoms with E-state index in [4.69, 9.17) is 0 Å². The van der Waals surface area contributed by atoms with Crippen molar-refractivity contribution < 1.29 is 4.79 Å². The third-order valence-corrected chi connectivity index (χ3v) is 3.29. The second-order valence-electron chi connectivity index (χ2n) is 4.73. The van der Waals surface area contributed by atoms with Crippen LogP contribution in [0.25, 0.3) is 11.0 Å². The number of amides is 1. The van der Waals surface area contributed by atoms with Crippen molar-refractivity contribution >= 4 is 22.9 Å². The second-order valence-corrected chi connectivity index (χ2v) is 4.73. The largest absolute Gasteiger partial charge is 0.355 e. The third-order valence-electron chi connectivity index (χ3n) is 3.29. The number of anilines is 1. The molecule has 3 N–H and O–H groups in total. The lowest BCUT2D eigenvalue weighted by molar-refractivity contribution is 0.0963. The Bertz CT molecular complexity index is 728. The van der Waals surface area contributed by atoms with Gasteiger partial charge in [-0.2, -0.15) is 0 Å². The molecule has 1 heterocycles. The van der Waals surface area contributed by atoms with Crippen LogP contribution < -0.4 is 10.6 Å². The van der Waals surface area contributed by atoms with Gasteiger partial charge in [-0.25, -0.2) is 4.98 Å². The van der Waals surface area contributed by atoms with Crippen molar-refractivity contribution in [3.8, 4) is 0 Å². The van der Waals surface area contributed by atoms with Gasteiger partial charge < -0.3 is 15.6 Å². The van der Waals surface area contributed by atoms with Gasteiger partial charge in [0.2, 0.25) is 5.95 Å². The molecule has 5 nitrogen and oxygen atoms in total. The summed E-state index contributed by atoms with van der Waals surface area (Å²) in [6.45, 7) is 0.647. The number of hydrogen-bond donors (Lipinski definition) is 3. The number of carbonyl (C=O) groups is 1. The molecule has 2 aromatic carbocycles. The van der Waals surface area contributed by atoms with E-state index in [0.717, 1.165) is 22.5 Å². The molecule has 0 aliphatic heterocycles. The van der Waals surface area contributed by atoms with Crippen molar-refractivity contribution in [1.82, 2.24) is 15.3 Å². The van der Waals surface area contributed by atoms with Crippen molar-refractivity contribution in [2.24, 2.45) is 0 Å². The smallest absolute Gasteiger partial charge is 0.251 e. The topological polar surface area (TPSA) is 69.8 Å². The minimum atomic E-state index is -0.0770. The summed E-state index contributed by atoms with van der Waals surface area (Å²) in [6, 6.07) is 15.4. The number of imidazole rings is 1. The van der Waals surface area contributed by atoms with Crippen LogP contribution in [-0.2, 0) is 6.54 Å². The first-order valence-electron chi connectivity index (χ1n) is 6.76. The van der Waals surface area contributed by atoms with E-state index in [1.54, 1.807) is 7.05 Å². The zero-order chi connectivity index (χ0) is 14.7. The Hall–Kier alpha value is -2.82. The molecule has 0 unspecified atom stereocenters. The average Bonchev–Trinajstić information content (AvgIpc) is 2.95. The highest BCUT2D eigenvalue weighted by Crippen LogP contribution is 2.14. The van der Waals surface area contributed by atoms with Crippen LogP contribution in [-0.4, -0.2) is 22.9 Å². The highest BCUT2D eigenvalue weighted by Gasteiger charge is 2.04. The Labute approximate surface area is 122 Å². The van der Waals surface area contributed by atoms with Gasteiger partial charge in [0.25, 0.3) is 5.91 Å². The van der Waals surface area contributed by atoms with Gasteiger partial charge >= 0.3 is 0 Å². The number of benzene rings is 2. The number of nitrogens with zero attached hydrogens (tertiary/aromatic N) is 1. The number of hydrogen-bond acceptors (Lipinski definition) is 3. The molecular formula is C16H16N4O. The predicted octanol–water partition coefficient (Wildman–Crippen LogP) is 2.53. The maximum absolute atomic E-state index is 11.5. The molecule has 0 aliphatic rings. The lowest BCUT2D eigenvalue weighted by Crippen LogP contribution is -2.17. The van der Waals surface area contributed by atoms with E-state index in [2.05, 4.69) is 20.6 Å². The number of H-pyrrole nitrogens is 1. The van der Waals surface area contributed by atoms with E-state index in [1.165, 1.54) is 0 Å². The summed E-state index contributed by atoms with van der Waals surface area (Å²) < 4.78 is 0. The van der Waals surface area contributed by atoms with E-state index in [-0.39, 0.29) is 5.91 Å². The Morgan fingerprint density at radius 1 is 1.14 bits per heavy atom. The van der Waals surface area contributed by atoms with Crippen molar-refractivity contribution in [1.29, 1.82) is 0 Å². The number of para-hydroxylation sites is 2. The first-order valence-corrected chi connectivity index (χ1v) is 6.76. The van der Waals surface area contributed by atoms with Crippen LogP contribution in [0.15, 0.2) is 48.5 Å². The van der Waals surface area contributed by atoms with E-state index in [0.29, 0.717) is 12.1 Å². The van der Waals surface area contributed by atoms with E-state index in [9.17, 15) is 4.79 Å². The Kier molecular flexibility index (Phi) is 3.55. The Morgan fingerprint density at radius 3 is 2.62 bits per heavy atom. The van der Waals surface area contributed by atoms with E-state index in [1.807, 2.05) is 48.5 Å². The minimum Gasteiger partial charge on any atom is -0.355 e. The molecule has 0 saturated carbocycles. The molecule has 3 rings (SSSR count). The molecule has 0 radical (unpaired) electrons. The molecule has 0 aliphatic carbocycles. The van der Waals surface area contributed by atoms with Crippen molar-refractivity contribution in [2.45, 2.75) is 6.54 Å². The molecule has 1 amide bonds. The summed E-state index contributed by atoms with van der Waals surface area (Å²) in [7, 11) is 1.62. The Balaban J connectivity index is 1.68. The Morgan fingerprint density at radius 2 is 1.90 bits per heavy atom. The standard InChI is InChI=1S/C16H16N4O/c1-17-15(21)12-8-6-11(7-9-12)10-18-16-19-13-4-2-3-5-14(13)20-16/h2-9H,10H2,1H3,(H,17,21)(H2,18,19,20). The third kappa shape index (κ3) is 2.86. The van der Waals surface area contributed by atoms with Crippen LogP contribution in [0.3, 0.4) is 0 Å². The number of aromatic amines is 1. The maximum atomic E-state index is 11.5. The van der Waals surface area contributed by atoms with E-state index >= 15 is 0 Å². The number of carbonyl (C=O) groups excluding carboxylic acids is 1. The van der Waals surface area contributed by atoms with Crippen molar-refractivity contribution in [3.05, 3.63) is 59.7 Å². The highest BCUT2D eigenvalue weighted by atomic mass is 16.1. The van der Waals surface area contributed by atoms with Gasteiger partial charge in [-0.3, -0.25) is 4.79 Å². The van der Waals surface area contributed by atoms with Gasteiger partial charge in [-0.05, 0) is 29.8 Å². The van der Waals surface area contributed by atoms with Gasteiger partial charge in [0.15, 0.2) is 0 Å². The monoisotopic (exact) mass is 280 g/mol. The number of rotatable bonds is 4. The first-order chi connectivity index (χ1) is 10.3. The van der Waals surface area contributed by atoms with Gasteiger partial charge in [0.05, 0.1) is 11.0 Å². The summed E-state index contributed by atoms with van der Waals surface area (Å²) in [6.07, 6.45) is 0.